The maximum atomic E-state index is 13.3. The lowest BCUT2D eigenvalue weighted by Crippen LogP contribution is -2.40. The minimum Gasteiger partial charge on any atom is -0.475 e. The molecule has 9 heteroatoms. The van der Waals surface area contributed by atoms with Crippen molar-refractivity contribution in [1.29, 1.82) is 0 Å². The minimum atomic E-state index is -4.08. The summed E-state index contributed by atoms with van der Waals surface area (Å²) in [5.74, 6) is 0.0285. The Bertz CT molecular complexity index is 1590. The maximum absolute atomic E-state index is 13.3. The molecule has 0 spiro atoms. The molecule has 2 N–H and O–H groups in total. The minimum absolute atomic E-state index is 0.0595. The number of amides is 1. The fourth-order valence-electron chi connectivity index (χ4n) is 4.60. The van der Waals surface area contributed by atoms with Crippen molar-refractivity contribution >= 4 is 21.9 Å². The number of nitrogens with zero attached hydrogens (tertiary/aromatic N) is 2. The van der Waals surface area contributed by atoms with Gasteiger partial charge in [-0.25, -0.2) is 18.1 Å². The van der Waals surface area contributed by atoms with Crippen LogP contribution in [0, 0.1) is 5.92 Å². The Labute approximate surface area is 228 Å². The van der Waals surface area contributed by atoms with E-state index in [0.29, 0.717) is 24.5 Å². The predicted octanol–water partition coefficient (Wildman–Crippen LogP) is 5.07. The van der Waals surface area contributed by atoms with E-state index in [1.54, 1.807) is 18.2 Å². The van der Waals surface area contributed by atoms with E-state index in [-0.39, 0.29) is 40.8 Å². The van der Waals surface area contributed by atoms with Gasteiger partial charge < -0.3 is 10.1 Å². The fourth-order valence-corrected chi connectivity index (χ4v) is 5.59. The standard InChI is InChI=1S/C30H30N4O4S/c1-20(2)15-24-19-38-28-18-27(26-14-7-6-11-22(26)16-21-9-4-3-5-10-21)32-30(33-28)34-39(36,37)25-13-8-12-23(17-25)29(35)31-24/h3-14,17-18,20,24H,15-16,19H2,1-2H3,(H,31,35)(H,32,33,34)/t24-/m1/s1. The van der Waals surface area contributed by atoms with Gasteiger partial charge in [-0.05, 0) is 48.1 Å². The number of anilines is 1. The van der Waals surface area contributed by atoms with Gasteiger partial charge in [0.25, 0.3) is 15.9 Å². The third-order valence-electron chi connectivity index (χ3n) is 6.39. The summed E-state index contributed by atoms with van der Waals surface area (Å²) in [4.78, 5) is 21.9. The Morgan fingerprint density at radius 3 is 2.51 bits per heavy atom. The molecule has 39 heavy (non-hydrogen) atoms. The highest BCUT2D eigenvalue weighted by Crippen LogP contribution is 2.29. The van der Waals surface area contributed by atoms with Crippen molar-refractivity contribution in [3.63, 3.8) is 0 Å². The molecule has 4 aromatic rings. The molecule has 8 nitrogen and oxygen atoms in total. The van der Waals surface area contributed by atoms with Gasteiger partial charge in [-0.1, -0.05) is 74.5 Å². The van der Waals surface area contributed by atoms with E-state index >= 15 is 0 Å². The molecule has 1 aliphatic heterocycles. The first-order valence-corrected chi connectivity index (χ1v) is 14.3. The number of aromatic nitrogens is 2. The van der Waals surface area contributed by atoms with Gasteiger partial charge in [0, 0.05) is 17.2 Å². The Balaban J connectivity index is 1.59. The smallest absolute Gasteiger partial charge is 0.264 e. The van der Waals surface area contributed by atoms with Gasteiger partial charge in [0.05, 0.1) is 16.6 Å². The second-order valence-corrected chi connectivity index (χ2v) is 11.7. The summed E-state index contributed by atoms with van der Waals surface area (Å²) in [6, 6.07) is 25.2. The van der Waals surface area contributed by atoms with E-state index in [1.165, 1.54) is 12.1 Å². The van der Waals surface area contributed by atoms with Crippen LogP contribution in [-0.4, -0.2) is 36.9 Å². The first-order valence-electron chi connectivity index (χ1n) is 12.8. The third-order valence-corrected chi connectivity index (χ3v) is 7.71. The van der Waals surface area contributed by atoms with Crippen LogP contribution in [-0.2, 0) is 16.4 Å². The summed E-state index contributed by atoms with van der Waals surface area (Å²) in [7, 11) is -4.08. The number of hydrogen-bond acceptors (Lipinski definition) is 6. The van der Waals surface area contributed by atoms with Crippen LogP contribution in [0.1, 0.15) is 41.8 Å². The molecule has 2 heterocycles. The van der Waals surface area contributed by atoms with Gasteiger partial charge in [-0.2, -0.15) is 4.98 Å². The quantitative estimate of drug-likeness (QED) is 0.364. The average molecular weight is 543 g/mol. The van der Waals surface area contributed by atoms with Crippen LogP contribution in [0.2, 0.25) is 0 Å². The largest absolute Gasteiger partial charge is 0.475 e. The number of carbonyl (C=O) groups is 1. The van der Waals surface area contributed by atoms with Crippen molar-refractivity contribution in [1.82, 2.24) is 15.3 Å². The Hall–Kier alpha value is -4.24. The third kappa shape index (κ3) is 6.43. The molecule has 200 valence electrons. The van der Waals surface area contributed by atoms with Crippen LogP contribution in [0.4, 0.5) is 5.95 Å². The highest BCUT2D eigenvalue weighted by atomic mass is 32.2. The number of fused-ring (bicyclic) bond motifs is 4. The van der Waals surface area contributed by atoms with Gasteiger partial charge in [-0.15, -0.1) is 0 Å². The van der Waals surface area contributed by atoms with Gasteiger partial charge >= 0.3 is 0 Å². The lowest BCUT2D eigenvalue weighted by Gasteiger charge is -2.21. The van der Waals surface area contributed by atoms with E-state index in [9.17, 15) is 13.2 Å². The summed E-state index contributed by atoms with van der Waals surface area (Å²) in [5, 5.41) is 2.99. The second-order valence-electron chi connectivity index (χ2n) is 9.98. The molecular weight excluding hydrogens is 512 g/mol. The molecule has 1 aromatic heterocycles. The molecule has 4 bridgehead atoms. The lowest BCUT2D eigenvalue weighted by atomic mass is 9.98. The van der Waals surface area contributed by atoms with E-state index in [1.807, 2.05) is 42.5 Å². The number of hydrogen-bond donors (Lipinski definition) is 2. The molecule has 0 unspecified atom stereocenters. The Kier molecular flexibility index (Phi) is 7.60. The van der Waals surface area contributed by atoms with Crippen LogP contribution >= 0.6 is 0 Å². The van der Waals surface area contributed by atoms with Crippen molar-refractivity contribution in [3.8, 4) is 17.1 Å². The molecule has 1 aliphatic rings. The first kappa shape index (κ1) is 26.4. The van der Waals surface area contributed by atoms with E-state index in [2.05, 4.69) is 46.0 Å². The predicted molar refractivity (Wildman–Crippen MR) is 150 cm³/mol. The van der Waals surface area contributed by atoms with E-state index in [0.717, 1.165) is 16.7 Å². The van der Waals surface area contributed by atoms with Crippen molar-refractivity contribution in [2.45, 2.75) is 37.6 Å². The number of ether oxygens (including phenoxy) is 1. The number of sulfonamides is 1. The number of carbonyl (C=O) groups excluding carboxylic acids is 1. The number of rotatable bonds is 5. The first-order chi connectivity index (χ1) is 18.8. The molecule has 3 aromatic carbocycles. The van der Waals surface area contributed by atoms with Crippen LogP contribution in [0.3, 0.4) is 0 Å². The van der Waals surface area contributed by atoms with Gasteiger partial charge in [0.15, 0.2) is 0 Å². The van der Waals surface area contributed by atoms with E-state index in [4.69, 9.17) is 4.74 Å². The normalized spacial score (nSPS) is 16.6. The van der Waals surface area contributed by atoms with E-state index < -0.39 is 10.0 Å². The van der Waals surface area contributed by atoms with Crippen LogP contribution < -0.4 is 14.8 Å². The molecule has 1 amide bonds. The highest BCUT2D eigenvalue weighted by Gasteiger charge is 2.23. The summed E-state index contributed by atoms with van der Waals surface area (Å²) >= 11 is 0. The zero-order valence-corrected chi connectivity index (χ0v) is 22.6. The number of benzene rings is 3. The molecule has 0 saturated carbocycles. The summed E-state index contributed by atoms with van der Waals surface area (Å²) in [5.41, 5.74) is 3.78. The Morgan fingerprint density at radius 2 is 1.72 bits per heavy atom. The summed E-state index contributed by atoms with van der Waals surface area (Å²) in [6.07, 6.45) is 1.35. The Morgan fingerprint density at radius 1 is 0.949 bits per heavy atom. The topological polar surface area (TPSA) is 110 Å². The molecule has 0 fully saturated rings. The van der Waals surface area contributed by atoms with Gasteiger partial charge in [0.1, 0.15) is 6.61 Å². The second kappa shape index (κ2) is 11.2. The molecule has 0 saturated heterocycles. The monoisotopic (exact) mass is 542 g/mol. The van der Waals surface area contributed by atoms with Crippen LogP contribution in [0.15, 0.2) is 89.8 Å². The lowest BCUT2D eigenvalue weighted by molar-refractivity contribution is 0.0913. The zero-order chi connectivity index (χ0) is 27.4. The summed E-state index contributed by atoms with van der Waals surface area (Å²) < 4.78 is 35.1. The van der Waals surface area contributed by atoms with Gasteiger partial charge in [-0.3, -0.25) is 4.79 Å². The van der Waals surface area contributed by atoms with Crippen molar-refractivity contribution in [3.05, 3.63) is 102 Å². The van der Waals surface area contributed by atoms with Crippen molar-refractivity contribution in [2.75, 3.05) is 11.3 Å². The average Bonchev–Trinajstić information content (AvgIpc) is 2.92. The van der Waals surface area contributed by atoms with Crippen LogP contribution in [0.25, 0.3) is 11.3 Å². The molecule has 0 aliphatic carbocycles. The highest BCUT2D eigenvalue weighted by molar-refractivity contribution is 7.92. The fraction of sp³-hybridized carbons (Fsp3) is 0.233. The van der Waals surface area contributed by atoms with Crippen molar-refractivity contribution < 1.29 is 17.9 Å². The SMILES string of the molecule is CC(C)C[C@@H]1COc2cc(-c3ccccc3Cc3ccccc3)nc(n2)NS(=O)(=O)c2cccc(c2)C(=O)N1. The van der Waals surface area contributed by atoms with Gasteiger partial charge in [0.2, 0.25) is 11.8 Å². The van der Waals surface area contributed by atoms with Crippen molar-refractivity contribution in [2.24, 2.45) is 5.92 Å². The van der Waals surface area contributed by atoms with Crippen LogP contribution in [0.5, 0.6) is 5.88 Å². The molecule has 0 radical (unpaired) electrons. The maximum Gasteiger partial charge on any atom is 0.264 e. The molecular formula is C30H30N4O4S. The number of nitrogens with one attached hydrogen (secondary N) is 2. The molecule has 1 atom stereocenters. The summed E-state index contributed by atoms with van der Waals surface area (Å²) in [6.45, 7) is 4.29. The zero-order valence-electron chi connectivity index (χ0n) is 21.8. The molecule has 5 rings (SSSR count).